The number of thiophene rings is 1. The lowest BCUT2D eigenvalue weighted by Crippen LogP contribution is -3.06. The van der Waals surface area contributed by atoms with Gasteiger partial charge in [-0.15, -0.1) is 11.3 Å². The first-order valence-electron chi connectivity index (χ1n) is 8.27. The van der Waals surface area contributed by atoms with Crippen LogP contribution in [0.2, 0.25) is 0 Å². The van der Waals surface area contributed by atoms with Crippen LogP contribution in [0.3, 0.4) is 0 Å². The van der Waals surface area contributed by atoms with Crippen molar-refractivity contribution in [2.45, 2.75) is 6.04 Å². The third-order valence-electron chi connectivity index (χ3n) is 4.33. The predicted octanol–water partition coefficient (Wildman–Crippen LogP) is 1.61. The molecule has 1 aliphatic heterocycles. The molecular weight excluding hydrogens is 355 g/mol. The van der Waals surface area contributed by atoms with Gasteiger partial charge in [-0.05, 0) is 29.1 Å². The van der Waals surface area contributed by atoms with Gasteiger partial charge in [-0.1, -0.05) is 18.2 Å². The highest BCUT2D eigenvalue weighted by atomic mass is 32.1. The van der Waals surface area contributed by atoms with Crippen LogP contribution in [0.1, 0.15) is 21.3 Å². The van der Waals surface area contributed by atoms with E-state index in [1.54, 1.807) is 29.6 Å². The second-order valence-corrected chi connectivity index (χ2v) is 7.43. The average Bonchev–Trinajstić information content (AvgIpc) is 3.22. The summed E-state index contributed by atoms with van der Waals surface area (Å²) >= 11 is 1.25. The molecule has 2 heterocycles. The smallest absolute Gasteiger partial charge is 0.290 e. The number of carbonyl (C=O) groups is 2. The Morgan fingerprint density at radius 2 is 1.96 bits per heavy atom. The number of likely N-dealkylation sites (N-methyl/N-ethyl adjacent to an activating group) is 1. The van der Waals surface area contributed by atoms with Crippen LogP contribution in [-0.2, 0) is 4.79 Å². The minimum Gasteiger partial charge on any atom is -0.503 e. The molecule has 0 aliphatic carbocycles. The van der Waals surface area contributed by atoms with E-state index in [9.17, 15) is 19.1 Å². The van der Waals surface area contributed by atoms with Crippen LogP contribution in [0.15, 0.2) is 53.1 Å². The Morgan fingerprint density at radius 3 is 2.54 bits per heavy atom. The van der Waals surface area contributed by atoms with Crippen LogP contribution >= 0.6 is 11.3 Å². The van der Waals surface area contributed by atoms with Gasteiger partial charge in [0.15, 0.2) is 5.76 Å². The van der Waals surface area contributed by atoms with Crippen LogP contribution in [-0.4, -0.2) is 48.9 Å². The lowest BCUT2D eigenvalue weighted by molar-refractivity contribution is -0.857. The standard InChI is InChI=1S/C19H19FN2O3S/c1-21(2)9-10-22-16(12-5-7-13(20)8-6-12)15(18(24)19(22)25)17(23)14-4-3-11-26-14/h3-8,11,16,24H,9-10H2,1-2H3/p+1/t16-/m1/s1. The number of quaternary nitrogens is 1. The number of ketones is 1. The first-order chi connectivity index (χ1) is 12.4. The largest absolute Gasteiger partial charge is 0.503 e. The van der Waals surface area contributed by atoms with Crippen LogP contribution in [0.4, 0.5) is 4.39 Å². The van der Waals surface area contributed by atoms with E-state index in [1.807, 2.05) is 14.1 Å². The number of rotatable bonds is 6. The van der Waals surface area contributed by atoms with E-state index < -0.39 is 23.5 Å². The van der Waals surface area contributed by atoms with Crippen molar-refractivity contribution in [3.63, 3.8) is 0 Å². The third-order valence-corrected chi connectivity index (χ3v) is 5.20. The Labute approximate surface area is 155 Å². The van der Waals surface area contributed by atoms with E-state index in [0.717, 1.165) is 4.90 Å². The molecule has 0 radical (unpaired) electrons. The number of benzene rings is 1. The number of aliphatic hydroxyl groups excluding tert-OH is 1. The zero-order valence-electron chi connectivity index (χ0n) is 14.5. The number of hydrogen-bond acceptors (Lipinski definition) is 4. The zero-order chi connectivity index (χ0) is 18.8. The minimum absolute atomic E-state index is 0.0535. The molecule has 0 spiro atoms. The van der Waals surface area contributed by atoms with Gasteiger partial charge in [0.25, 0.3) is 5.91 Å². The first kappa shape index (κ1) is 18.3. The van der Waals surface area contributed by atoms with Gasteiger partial charge in [-0.3, -0.25) is 9.59 Å². The molecule has 0 saturated heterocycles. The third kappa shape index (κ3) is 3.40. The van der Waals surface area contributed by atoms with Gasteiger partial charge in [0.05, 0.1) is 43.7 Å². The number of amides is 1. The van der Waals surface area contributed by atoms with E-state index in [4.69, 9.17) is 0 Å². The summed E-state index contributed by atoms with van der Waals surface area (Å²) < 4.78 is 13.3. The molecule has 1 aromatic carbocycles. The van der Waals surface area contributed by atoms with Crippen molar-refractivity contribution in [1.29, 1.82) is 0 Å². The Hall–Kier alpha value is -2.51. The van der Waals surface area contributed by atoms with E-state index in [2.05, 4.69) is 0 Å². The van der Waals surface area contributed by atoms with Crippen molar-refractivity contribution in [2.24, 2.45) is 0 Å². The van der Waals surface area contributed by atoms with Crippen molar-refractivity contribution >= 4 is 23.0 Å². The number of nitrogens with one attached hydrogen (secondary N) is 1. The summed E-state index contributed by atoms with van der Waals surface area (Å²) in [4.78, 5) is 28.6. The maximum Gasteiger partial charge on any atom is 0.290 e. The maximum absolute atomic E-state index is 13.3. The Morgan fingerprint density at radius 1 is 1.27 bits per heavy atom. The van der Waals surface area contributed by atoms with Crippen molar-refractivity contribution in [3.05, 3.63) is 69.4 Å². The predicted molar refractivity (Wildman–Crippen MR) is 96.8 cm³/mol. The zero-order valence-corrected chi connectivity index (χ0v) is 15.3. The van der Waals surface area contributed by atoms with Gasteiger partial charge in [0, 0.05) is 0 Å². The van der Waals surface area contributed by atoms with Crippen molar-refractivity contribution in [1.82, 2.24) is 4.90 Å². The number of aliphatic hydroxyl groups is 1. The fourth-order valence-corrected chi connectivity index (χ4v) is 3.67. The molecule has 1 amide bonds. The molecule has 0 bridgehead atoms. The molecule has 26 heavy (non-hydrogen) atoms. The van der Waals surface area contributed by atoms with E-state index in [1.165, 1.54) is 28.4 Å². The fourth-order valence-electron chi connectivity index (χ4n) is 2.99. The van der Waals surface area contributed by atoms with Gasteiger partial charge >= 0.3 is 0 Å². The number of nitrogens with zero attached hydrogens (tertiary/aromatic N) is 1. The number of halogens is 1. The SMILES string of the molecule is C[NH+](C)CCN1C(=O)C(O)=C(C(=O)c2cccs2)[C@H]1c1ccc(F)cc1. The second-order valence-electron chi connectivity index (χ2n) is 6.48. The molecule has 2 N–H and O–H groups in total. The Balaban J connectivity index is 2.05. The number of carbonyl (C=O) groups excluding carboxylic acids is 2. The molecule has 7 heteroatoms. The molecule has 136 valence electrons. The fraction of sp³-hybridized carbons (Fsp3) is 0.263. The minimum atomic E-state index is -0.725. The summed E-state index contributed by atoms with van der Waals surface area (Å²) in [5, 5.41) is 12.2. The number of hydrogen-bond donors (Lipinski definition) is 2. The second kappa shape index (κ2) is 7.39. The molecule has 1 aromatic heterocycles. The van der Waals surface area contributed by atoms with Gasteiger partial charge < -0.3 is 14.9 Å². The maximum atomic E-state index is 13.3. The summed E-state index contributed by atoms with van der Waals surface area (Å²) in [6.45, 7) is 1.02. The summed E-state index contributed by atoms with van der Waals surface area (Å²) in [6.07, 6.45) is 0. The van der Waals surface area contributed by atoms with Crippen LogP contribution in [0.5, 0.6) is 0 Å². The highest BCUT2D eigenvalue weighted by Gasteiger charge is 2.44. The Bertz CT molecular complexity index is 844. The molecule has 1 aliphatic rings. The van der Waals surface area contributed by atoms with E-state index in [0.29, 0.717) is 23.5 Å². The van der Waals surface area contributed by atoms with Crippen LogP contribution < -0.4 is 4.90 Å². The summed E-state index contributed by atoms with van der Waals surface area (Å²) in [5.74, 6) is -1.87. The molecule has 1 atom stereocenters. The first-order valence-corrected chi connectivity index (χ1v) is 9.15. The molecule has 2 aromatic rings. The van der Waals surface area contributed by atoms with Gasteiger partial charge in [0.2, 0.25) is 5.78 Å². The molecule has 3 rings (SSSR count). The summed E-state index contributed by atoms with van der Waals surface area (Å²) in [6, 6.07) is 8.34. The van der Waals surface area contributed by atoms with Crippen molar-refractivity contribution in [2.75, 3.05) is 27.2 Å². The van der Waals surface area contributed by atoms with Gasteiger partial charge in [0.1, 0.15) is 5.82 Å². The van der Waals surface area contributed by atoms with Gasteiger partial charge in [-0.2, -0.15) is 0 Å². The molecular formula is C19H20FN2O3S+. The molecule has 0 unspecified atom stereocenters. The monoisotopic (exact) mass is 375 g/mol. The summed E-state index contributed by atoms with van der Waals surface area (Å²) in [5.41, 5.74) is 0.648. The molecule has 5 nitrogen and oxygen atoms in total. The normalized spacial score (nSPS) is 17.5. The lowest BCUT2D eigenvalue weighted by atomic mass is 9.95. The highest BCUT2D eigenvalue weighted by molar-refractivity contribution is 7.12. The molecule has 0 fully saturated rings. The molecule has 0 saturated carbocycles. The van der Waals surface area contributed by atoms with E-state index >= 15 is 0 Å². The van der Waals surface area contributed by atoms with E-state index in [-0.39, 0.29) is 11.4 Å². The van der Waals surface area contributed by atoms with Crippen LogP contribution in [0.25, 0.3) is 0 Å². The van der Waals surface area contributed by atoms with Crippen molar-refractivity contribution < 1.29 is 24.0 Å². The van der Waals surface area contributed by atoms with Gasteiger partial charge in [-0.25, -0.2) is 4.39 Å². The summed E-state index contributed by atoms with van der Waals surface area (Å²) in [7, 11) is 3.91. The average molecular weight is 375 g/mol. The van der Waals surface area contributed by atoms with Crippen molar-refractivity contribution in [3.8, 4) is 0 Å². The topological polar surface area (TPSA) is 62.1 Å². The lowest BCUT2D eigenvalue weighted by Gasteiger charge is -2.27. The Kier molecular flexibility index (Phi) is 5.20. The quantitative estimate of drug-likeness (QED) is 0.754. The number of Topliss-reactive ketones (excluding diaryl/α,β-unsaturated/α-hetero) is 1. The van der Waals surface area contributed by atoms with Crippen LogP contribution in [0, 0.1) is 5.82 Å². The highest BCUT2D eigenvalue weighted by Crippen LogP contribution is 2.39.